The van der Waals surface area contributed by atoms with E-state index in [0.717, 1.165) is 0 Å². The van der Waals surface area contributed by atoms with Gasteiger partial charge in [0, 0.05) is 0 Å². The molecule has 12 heavy (non-hydrogen) atoms. The van der Waals surface area contributed by atoms with Gasteiger partial charge in [-0.2, -0.15) is 0 Å². The number of hydrogen-bond acceptors (Lipinski definition) is 6. The van der Waals surface area contributed by atoms with E-state index in [1.54, 1.807) is 0 Å². The Morgan fingerprint density at radius 2 is 0.500 bits per heavy atom. The second-order valence-electron chi connectivity index (χ2n) is 0.447. The first-order valence-corrected chi connectivity index (χ1v) is 3.29. The molecule has 12 heteroatoms. The average molecular weight is 249 g/mol. The maximum absolute atomic E-state index is 8.48. The van der Waals surface area contributed by atoms with Crippen LogP contribution in [0.4, 0.5) is 0 Å². The molecule has 0 saturated heterocycles. The third kappa shape index (κ3) is 219. The summed E-state index contributed by atoms with van der Waals surface area (Å²) in [7, 11) is -6.74. The molecule has 0 fully saturated rings. The molecule has 0 amide bonds. The van der Waals surface area contributed by atoms with Crippen molar-refractivity contribution < 1.29 is 34.8 Å². The van der Waals surface area contributed by atoms with Crippen LogP contribution in [0.2, 0.25) is 0 Å². The van der Waals surface area contributed by atoms with Gasteiger partial charge in [-0.05, 0) is 0 Å². The molecule has 2 N–H and O–H groups in total. The third-order valence-electron chi connectivity index (χ3n) is 0. The molecule has 0 unspecified atom stereocenters. The van der Waals surface area contributed by atoms with Crippen LogP contribution in [-0.2, 0) is 0 Å². The Morgan fingerprint density at radius 3 is 0.500 bits per heavy atom. The van der Waals surface area contributed by atoms with E-state index in [2.05, 4.69) is 0 Å². The van der Waals surface area contributed by atoms with Gasteiger partial charge >= 0.3 is 69.2 Å². The van der Waals surface area contributed by atoms with Crippen molar-refractivity contribution in [2.75, 3.05) is 0 Å². The van der Waals surface area contributed by atoms with Gasteiger partial charge in [0.05, 0.1) is 0 Å². The van der Waals surface area contributed by atoms with E-state index in [0.29, 0.717) is 0 Å². The second-order valence-corrected chi connectivity index (χ2v) is 1.34. The molecule has 0 bridgehead atoms. The van der Waals surface area contributed by atoms with Crippen LogP contribution in [0.3, 0.4) is 0 Å². The molecule has 0 aliphatic carbocycles. The Hall–Kier alpha value is 2.88. The van der Waals surface area contributed by atoms with Crippen molar-refractivity contribution in [1.82, 2.24) is 0 Å². The topological polar surface area (TPSA) is 170 Å². The smallest absolute Gasteiger partial charge is 0.854 e. The summed E-state index contributed by atoms with van der Waals surface area (Å²) < 4.78 is 0. The molecular weight excluding hydrogens is 247 g/mol. The van der Waals surface area contributed by atoms with E-state index in [1.165, 1.54) is 0 Å². The van der Waals surface area contributed by atoms with Crippen LogP contribution in [0.15, 0.2) is 0 Å². The minimum Gasteiger partial charge on any atom is -0.854 e. The van der Waals surface area contributed by atoms with Crippen LogP contribution in [-0.4, -0.2) is 74.6 Å². The molecule has 0 aliphatic rings. The van der Waals surface area contributed by atoms with Gasteiger partial charge in [-0.25, -0.2) is 0 Å². The van der Waals surface area contributed by atoms with Crippen LogP contribution in [0.25, 0.3) is 0 Å². The molecule has 0 aromatic rings. The fourth-order valence-corrected chi connectivity index (χ4v) is 0. The van der Waals surface area contributed by atoms with Gasteiger partial charge in [0.15, 0.2) is 0 Å². The van der Waals surface area contributed by atoms with Crippen LogP contribution >= 0.6 is 17.2 Å². The first-order chi connectivity index (χ1) is 3.46. The zero-order chi connectivity index (χ0) is 7.15. The zero-order valence-electron chi connectivity index (χ0n) is 5.97. The van der Waals surface area contributed by atoms with Crippen LogP contribution in [0, 0.1) is 0 Å². The molecule has 0 radical (unpaired) electrons. The number of rotatable bonds is 0. The van der Waals surface area contributed by atoms with Gasteiger partial charge in [-0.3, -0.25) is 0 Å². The first-order valence-electron chi connectivity index (χ1n) is 1.10. The van der Waals surface area contributed by atoms with E-state index in [1.807, 2.05) is 0 Å². The Kier molecular flexibility index (Phi) is 88.5. The summed E-state index contributed by atoms with van der Waals surface area (Å²) >= 11 is 0. The summed E-state index contributed by atoms with van der Waals surface area (Å²) in [5.41, 5.74) is 0. The molecular formula is H2Mg3O7P2. The molecule has 0 spiro atoms. The van der Waals surface area contributed by atoms with Gasteiger partial charge in [-0.15, -0.1) is 0 Å². The Labute approximate surface area is 120 Å². The monoisotopic (exact) mass is 248 g/mol. The van der Waals surface area contributed by atoms with Crippen LogP contribution in [0.5, 0.6) is 0 Å². The van der Waals surface area contributed by atoms with Crippen molar-refractivity contribution in [2.24, 2.45) is 0 Å². The van der Waals surface area contributed by atoms with Crippen molar-refractivity contribution in [3.63, 3.8) is 0 Å². The molecule has 7 nitrogen and oxygen atoms in total. The van der Waals surface area contributed by atoms with Gasteiger partial charge in [0.2, 0.25) is 0 Å². The van der Waals surface area contributed by atoms with Crippen molar-refractivity contribution in [2.45, 2.75) is 0 Å². The van der Waals surface area contributed by atoms with E-state index in [4.69, 9.17) is 29.4 Å². The molecule has 60 valence electrons. The zero-order valence-corrected chi connectivity index (χ0v) is 12.0. The second kappa shape index (κ2) is 29.2. The largest absolute Gasteiger partial charge is 2.00 e. The molecule has 0 aromatic carbocycles. The van der Waals surface area contributed by atoms with Crippen molar-refractivity contribution in [1.29, 1.82) is 0 Å². The summed E-state index contributed by atoms with van der Waals surface area (Å²) in [4.78, 5) is 50.9. The fraction of sp³-hybridized carbons (Fsp3) is 0. The Bertz CT molecular complexity index is 32.1. The molecule has 0 saturated carbocycles. The van der Waals surface area contributed by atoms with Crippen molar-refractivity contribution in [3.05, 3.63) is 0 Å². The van der Waals surface area contributed by atoms with E-state index in [9.17, 15) is 0 Å². The Balaban J connectivity index is -0.0000000112. The summed E-state index contributed by atoms with van der Waals surface area (Å²) in [5, 5.41) is 0. The van der Waals surface area contributed by atoms with E-state index in [-0.39, 0.29) is 74.6 Å². The molecule has 0 aromatic heterocycles. The third-order valence-corrected chi connectivity index (χ3v) is 0. The quantitative estimate of drug-likeness (QED) is 0.304. The van der Waals surface area contributed by atoms with Gasteiger partial charge in [-0.1, -0.05) is 0 Å². The molecule has 0 rings (SSSR count). The molecule has 0 heterocycles. The SMILES string of the molecule is O.[Mg+2].[Mg+2].[Mg+2].[O-]P([O-])[O-].[O-]P([O-])[O-]. The summed E-state index contributed by atoms with van der Waals surface area (Å²) in [5.74, 6) is 0. The maximum Gasteiger partial charge on any atom is 2.00 e. The minimum atomic E-state index is -3.37. The van der Waals surface area contributed by atoms with E-state index < -0.39 is 17.2 Å². The standard InChI is InChI=1S/3Mg.2O3P.H2O/c;;;2*1-4(2)3;/h;;;;;1H2/q3*+2;2*-3;. The predicted molar refractivity (Wildman–Crippen MR) is 34.7 cm³/mol. The summed E-state index contributed by atoms with van der Waals surface area (Å²) in [6.07, 6.45) is 0. The molecule has 0 aliphatic heterocycles. The predicted octanol–water partition coefficient (Wildman–Crippen LogP) is -7.38. The average Bonchev–Trinajstić information content (AvgIpc) is 1.25. The summed E-state index contributed by atoms with van der Waals surface area (Å²) in [6, 6.07) is 0. The molecule has 0 atom stereocenters. The first kappa shape index (κ1) is 36.4. The van der Waals surface area contributed by atoms with Gasteiger partial charge in [0.1, 0.15) is 0 Å². The summed E-state index contributed by atoms with van der Waals surface area (Å²) in [6.45, 7) is 0. The van der Waals surface area contributed by atoms with Crippen LogP contribution in [0.1, 0.15) is 0 Å². The van der Waals surface area contributed by atoms with E-state index >= 15 is 0 Å². The van der Waals surface area contributed by atoms with Crippen molar-refractivity contribution >= 4 is 86.4 Å². The number of hydrogen-bond donors (Lipinski definition) is 0. The van der Waals surface area contributed by atoms with Gasteiger partial charge in [0.25, 0.3) is 0 Å². The maximum atomic E-state index is 8.48. The van der Waals surface area contributed by atoms with Gasteiger partial charge < -0.3 is 52.0 Å². The normalized spacial score (nSPS) is 6.00. The fourth-order valence-electron chi connectivity index (χ4n) is 0. The Morgan fingerprint density at radius 1 is 0.500 bits per heavy atom. The van der Waals surface area contributed by atoms with Crippen LogP contribution < -0.4 is 29.4 Å². The minimum absolute atomic E-state index is 0. The van der Waals surface area contributed by atoms with Crippen molar-refractivity contribution in [3.8, 4) is 0 Å².